The van der Waals surface area contributed by atoms with Crippen LogP contribution in [0.1, 0.15) is 16.2 Å². The number of ether oxygens (including phenoxy) is 1. The van der Waals surface area contributed by atoms with Gasteiger partial charge in [-0.15, -0.1) is 5.10 Å². The third-order valence-electron chi connectivity index (χ3n) is 4.89. The molecule has 0 radical (unpaired) electrons. The number of nitrogens with zero attached hydrogens (tertiary/aromatic N) is 5. The van der Waals surface area contributed by atoms with E-state index in [1.807, 2.05) is 17.0 Å². The predicted octanol–water partition coefficient (Wildman–Crippen LogP) is 1.38. The zero-order valence-electron chi connectivity index (χ0n) is 14.2. The molecule has 4 rings (SSSR count). The molecule has 2 fully saturated rings. The summed E-state index contributed by atoms with van der Waals surface area (Å²) >= 11 is 6.03. The summed E-state index contributed by atoms with van der Waals surface area (Å²) in [7, 11) is 2.08. The highest BCUT2D eigenvalue weighted by molar-refractivity contribution is 6.30. The molecule has 132 valence electrons. The number of benzene rings is 1. The minimum Gasteiger partial charge on any atom is -0.373 e. The van der Waals surface area contributed by atoms with Gasteiger partial charge in [0.05, 0.1) is 30.1 Å². The molecule has 0 aliphatic carbocycles. The van der Waals surface area contributed by atoms with E-state index < -0.39 is 0 Å². The molecule has 0 unspecified atom stereocenters. The van der Waals surface area contributed by atoms with E-state index in [1.165, 1.54) is 4.80 Å². The molecular weight excluding hydrogens is 342 g/mol. The van der Waals surface area contributed by atoms with Crippen molar-refractivity contribution in [1.29, 1.82) is 0 Å². The number of amides is 1. The fourth-order valence-corrected chi connectivity index (χ4v) is 3.65. The third kappa shape index (κ3) is 3.03. The van der Waals surface area contributed by atoms with E-state index in [2.05, 4.69) is 22.1 Å². The second-order valence-electron chi connectivity index (χ2n) is 6.57. The Morgan fingerprint density at radius 2 is 2.16 bits per heavy atom. The molecule has 2 aliphatic heterocycles. The summed E-state index contributed by atoms with van der Waals surface area (Å²) in [6.07, 6.45) is 0.0750. The average Bonchev–Trinajstić information content (AvgIpc) is 3.19. The zero-order valence-corrected chi connectivity index (χ0v) is 15.0. The highest BCUT2D eigenvalue weighted by atomic mass is 35.5. The first-order valence-corrected chi connectivity index (χ1v) is 8.72. The molecule has 0 spiro atoms. The number of carbonyl (C=O) groups excluding carboxylic acids is 1. The molecular formula is C17H20ClN5O2. The first-order chi connectivity index (χ1) is 12.0. The molecule has 25 heavy (non-hydrogen) atoms. The molecule has 2 saturated heterocycles. The number of halogens is 1. The number of carbonyl (C=O) groups is 1. The Bertz CT molecular complexity index is 808. The minimum absolute atomic E-state index is 0.0750. The second-order valence-corrected chi connectivity index (χ2v) is 7.01. The molecule has 0 N–H and O–H groups in total. The Kier molecular flexibility index (Phi) is 4.23. The monoisotopic (exact) mass is 361 g/mol. The van der Waals surface area contributed by atoms with E-state index in [1.54, 1.807) is 19.1 Å². The van der Waals surface area contributed by atoms with Gasteiger partial charge in [0.2, 0.25) is 0 Å². The van der Waals surface area contributed by atoms with Gasteiger partial charge in [-0.1, -0.05) is 17.7 Å². The Labute approximate surface area is 151 Å². The molecule has 0 saturated carbocycles. The number of hydrogen-bond acceptors (Lipinski definition) is 5. The third-order valence-corrected chi connectivity index (χ3v) is 5.13. The maximum absolute atomic E-state index is 12.9. The number of likely N-dealkylation sites (tertiary alicyclic amines) is 1. The fraction of sp³-hybridized carbons (Fsp3) is 0.471. The summed E-state index contributed by atoms with van der Waals surface area (Å²) in [5.74, 6) is -0.0998. The van der Waals surface area contributed by atoms with Gasteiger partial charge in [0.1, 0.15) is 0 Å². The van der Waals surface area contributed by atoms with Crippen LogP contribution in [0.3, 0.4) is 0 Å². The van der Waals surface area contributed by atoms with Crippen LogP contribution >= 0.6 is 11.6 Å². The van der Waals surface area contributed by atoms with Crippen LogP contribution in [0, 0.1) is 6.92 Å². The molecule has 1 aromatic carbocycles. The summed E-state index contributed by atoms with van der Waals surface area (Å²) in [4.78, 5) is 18.5. The van der Waals surface area contributed by atoms with Crippen molar-refractivity contribution < 1.29 is 9.53 Å². The van der Waals surface area contributed by atoms with E-state index in [4.69, 9.17) is 16.3 Å². The lowest BCUT2D eigenvalue weighted by molar-refractivity contribution is -0.0368. The van der Waals surface area contributed by atoms with Crippen molar-refractivity contribution in [2.75, 3.05) is 33.3 Å². The van der Waals surface area contributed by atoms with Gasteiger partial charge in [-0.25, -0.2) is 0 Å². The minimum atomic E-state index is -0.0998. The lowest BCUT2D eigenvalue weighted by atomic mass is 10.1. The molecule has 1 amide bonds. The molecule has 8 heteroatoms. The number of morpholine rings is 1. The van der Waals surface area contributed by atoms with Gasteiger partial charge in [0.15, 0.2) is 5.69 Å². The molecule has 7 nitrogen and oxygen atoms in total. The van der Waals surface area contributed by atoms with Gasteiger partial charge < -0.3 is 9.64 Å². The highest BCUT2D eigenvalue weighted by Gasteiger charge is 2.41. The number of rotatable bonds is 2. The van der Waals surface area contributed by atoms with Crippen LogP contribution in [0.5, 0.6) is 0 Å². The van der Waals surface area contributed by atoms with Gasteiger partial charge in [0, 0.05) is 24.7 Å². The Hall–Kier alpha value is -1.96. The first kappa shape index (κ1) is 16.5. The summed E-state index contributed by atoms with van der Waals surface area (Å²) in [6, 6.07) is 7.49. The SMILES string of the molecule is Cc1nn(-c2cccc(Cl)c2)nc1C(=O)N1C[C@H]2OCCN(C)[C@H]2C1. The van der Waals surface area contributed by atoms with Crippen LogP contribution in [0.15, 0.2) is 24.3 Å². The van der Waals surface area contributed by atoms with E-state index in [-0.39, 0.29) is 18.1 Å². The number of fused-ring (bicyclic) bond motifs is 1. The van der Waals surface area contributed by atoms with Crippen LogP contribution in [0.25, 0.3) is 5.69 Å². The van der Waals surface area contributed by atoms with Gasteiger partial charge in [0.25, 0.3) is 5.91 Å². The first-order valence-electron chi connectivity index (χ1n) is 8.34. The van der Waals surface area contributed by atoms with Crippen molar-refractivity contribution in [3.63, 3.8) is 0 Å². The van der Waals surface area contributed by atoms with Crippen molar-refractivity contribution in [1.82, 2.24) is 24.8 Å². The van der Waals surface area contributed by atoms with Crippen molar-refractivity contribution >= 4 is 17.5 Å². The predicted molar refractivity (Wildman–Crippen MR) is 93.2 cm³/mol. The largest absolute Gasteiger partial charge is 0.373 e. The smallest absolute Gasteiger partial charge is 0.276 e. The van der Waals surface area contributed by atoms with Crippen molar-refractivity contribution in [2.24, 2.45) is 0 Å². The number of aryl methyl sites for hydroxylation is 1. The summed E-state index contributed by atoms with van der Waals surface area (Å²) in [5, 5.41) is 9.38. The van der Waals surface area contributed by atoms with Crippen LogP contribution in [-0.4, -0.2) is 76.1 Å². The molecule has 2 aromatic rings. The van der Waals surface area contributed by atoms with E-state index in [0.717, 1.165) is 12.2 Å². The summed E-state index contributed by atoms with van der Waals surface area (Å²) in [6.45, 7) is 4.66. The topological polar surface area (TPSA) is 63.5 Å². The zero-order chi connectivity index (χ0) is 17.6. The maximum Gasteiger partial charge on any atom is 0.276 e. The Balaban J connectivity index is 1.57. The Morgan fingerprint density at radius 1 is 1.32 bits per heavy atom. The molecule has 2 atom stereocenters. The molecule has 1 aromatic heterocycles. The van der Waals surface area contributed by atoms with Crippen LogP contribution in [0.4, 0.5) is 0 Å². The van der Waals surface area contributed by atoms with E-state index in [0.29, 0.717) is 36.1 Å². The van der Waals surface area contributed by atoms with E-state index in [9.17, 15) is 4.79 Å². The second kappa shape index (κ2) is 6.40. The average molecular weight is 362 g/mol. The number of hydrogen-bond donors (Lipinski definition) is 0. The Morgan fingerprint density at radius 3 is 2.92 bits per heavy atom. The summed E-state index contributed by atoms with van der Waals surface area (Å²) < 4.78 is 5.82. The van der Waals surface area contributed by atoms with Crippen LogP contribution in [0.2, 0.25) is 5.02 Å². The highest BCUT2D eigenvalue weighted by Crippen LogP contribution is 2.23. The molecule has 3 heterocycles. The quantitative estimate of drug-likeness (QED) is 0.808. The van der Waals surface area contributed by atoms with E-state index >= 15 is 0 Å². The summed E-state index contributed by atoms with van der Waals surface area (Å²) in [5.41, 5.74) is 1.71. The number of aromatic nitrogens is 3. The van der Waals surface area contributed by atoms with Gasteiger partial charge in [-0.2, -0.15) is 9.90 Å². The van der Waals surface area contributed by atoms with Crippen molar-refractivity contribution in [2.45, 2.75) is 19.1 Å². The fourth-order valence-electron chi connectivity index (χ4n) is 3.47. The normalized spacial score (nSPS) is 23.7. The van der Waals surface area contributed by atoms with Crippen LogP contribution in [-0.2, 0) is 4.74 Å². The van der Waals surface area contributed by atoms with Crippen molar-refractivity contribution in [3.8, 4) is 5.69 Å². The molecule has 2 aliphatic rings. The van der Waals surface area contributed by atoms with Crippen molar-refractivity contribution in [3.05, 3.63) is 40.7 Å². The van der Waals surface area contributed by atoms with Gasteiger partial charge in [-0.05, 0) is 32.2 Å². The lowest BCUT2D eigenvalue weighted by Gasteiger charge is -2.33. The van der Waals surface area contributed by atoms with Gasteiger partial charge in [-0.3, -0.25) is 9.69 Å². The van der Waals surface area contributed by atoms with Crippen LogP contribution < -0.4 is 0 Å². The van der Waals surface area contributed by atoms with Gasteiger partial charge >= 0.3 is 0 Å². The maximum atomic E-state index is 12.9. The lowest BCUT2D eigenvalue weighted by Crippen LogP contribution is -2.48. The molecule has 0 bridgehead atoms. The standard InChI is InChI=1S/C17H20ClN5O2/c1-11-16(20-23(19-11)13-5-3-4-12(18)8-13)17(24)22-9-14-15(10-22)25-7-6-21(14)2/h3-5,8,14-15H,6-7,9-10H2,1-2H3/t14-,15+/m0/s1. The number of likely N-dealkylation sites (N-methyl/N-ethyl adjacent to an activating group) is 1.